The average Bonchev–Trinajstić information content (AvgIpc) is 2.79. The van der Waals surface area contributed by atoms with Crippen LogP contribution in [-0.2, 0) is 6.42 Å². The second kappa shape index (κ2) is 9.90. The molecule has 144 valence electrons. The molecule has 3 aromatic carbocycles. The van der Waals surface area contributed by atoms with E-state index in [1.807, 2.05) is 18.2 Å². The normalized spacial score (nSPS) is 10.8. The van der Waals surface area contributed by atoms with Crippen molar-refractivity contribution in [3.8, 4) is 6.01 Å². The predicted molar refractivity (Wildman–Crippen MR) is 119 cm³/mol. The summed E-state index contributed by atoms with van der Waals surface area (Å²) in [6, 6.07) is 31.6. The van der Waals surface area contributed by atoms with Crippen LogP contribution in [0.25, 0.3) is 0 Å². The van der Waals surface area contributed by atoms with Crippen LogP contribution in [0.2, 0.25) is 0 Å². The Morgan fingerprint density at radius 3 is 1.90 bits per heavy atom. The summed E-state index contributed by atoms with van der Waals surface area (Å²) in [5.41, 5.74) is 2.06. The quantitative estimate of drug-likeness (QED) is 0.335. The molecule has 1 aromatic heterocycles. The van der Waals surface area contributed by atoms with Gasteiger partial charge in [-0.2, -0.15) is 9.97 Å². The molecule has 5 heteroatoms. The van der Waals surface area contributed by atoms with Gasteiger partial charge in [0.25, 0.3) is 0 Å². The SMILES string of the molecule is c1ccc(CCCOc2ncnc(P(c3ccccc3)c3ccccc3)n2)cc1. The standard InChI is InChI=1S/C24H22N3OP/c1-4-11-20(12-5-1)13-10-18-28-23-25-19-26-24(27-23)29(21-14-6-2-7-15-21)22-16-8-3-9-17-22/h1-9,11-12,14-17,19H,10,13,18H2. The maximum atomic E-state index is 5.84. The zero-order valence-electron chi connectivity index (χ0n) is 16.1. The van der Waals surface area contributed by atoms with Gasteiger partial charge < -0.3 is 4.74 Å². The smallest absolute Gasteiger partial charge is 0.319 e. The first kappa shape index (κ1) is 19.2. The number of aryl methyl sites for hydroxylation is 1. The van der Waals surface area contributed by atoms with E-state index in [-0.39, 0.29) is 0 Å². The summed E-state index contributed by atoms with van der Waals surface area (Å²) in [5.74, 6) is 0. The number of rotatable bonds is 8. The highest BCUT2D eigenvalue weighted by molar-refractivity contribution is 7.79. The summed E-state index contributed by atoms with van der Waals surface area (Å²) in [7, 11) is -0.859. The molecule has 0 N–H and O–H groups in total. The molecule has 0 fully saturated rings. The van der Waals surface area contributed by atoms with Crippen molar-refractivity contribution in [3.05, 3.63) is 103 Å². The molecule has 0 aliphatic carbocycles. The molecule has 0 unspecified atom stereocenters. The largest absolute Gasteiger partial charge is 0.463 e. The van der Waals surface area contributed by atoms with E-state index in [2.05, 4.69) is 87.7 Å². The maximum Gasteiger partial charge on any atom is 0.319 e. The molecule has 1 heterocycles. The molecule has 29 heavy (non-hydrogen) atoms. The van der Waals surface area contributed by atoms with Crippen molar-refractivity contribution in [1.82, 2.24) is 15.0 Å². The van der Waals surface area contributed by atoms with Gasteiger partial charge in [-0.15, -0.1) is 0 Å². The number of hydrogen-bond donors (Lipinski definition) is 0. The molecule has 0 radical (unpaired) electrons. The van der Waals surface area contributed by atoms with E-state index in [1.54, 1.807) is 6.33 Å². The van der Waals surface area contributed by atoms with Crippen molar-refractivity contribution in [2.45, 2.75) is 12.8 Å². The summed E-state index contributed by atoms with van der Waals surface area (Å²) in [6.07, 6.45) is 3.44. The molecule has 0 amide bonds. The molecule has 0 atom stereocenters. The van der Waals surface area contributed by atoms with E-state index in [9.17, 15) is 0 Å². The van der Waals surface area contributed by atoms with Crippen LogP contribution in [0, 0.1) is 0 Å². The zero-order chi connectivity index (χ0) is 19.7. The minimum absolute atomic E-state index is 0.391. The first-order valence-corrected chi connectivity index (χ1v) is 11.0. The van der Waals surface area contributed by atoms with Gasteiger partial charge in [-0.25, -0.2) is 4.98 Å². The molecule has 4 rings (SSSR count). The number of nitrogens with zero attached hydrogens (tertiary/aromatic N) is 3. The molecule has 4 aromatic rings. The second-order valence-electron chi connectivity index (χ2n) is 6.51. The van der Waals surface area contributed by atoms with Crippen LogP contribution in [-0.4, -0.2) is 21.6 Å². The van der Waals surface area contributed by atoms with Gasteiger partial charge in [0.05, 0.1) is 6.61 Å². The Hall–Kier alpha value is -3.10. The number of ether oxygens (including phenoxy) is 1. The fourth-order valence-corrected chi connectivity index (χ4v) is 5.12. The van der Waals surface area contributed by atoms with Crippen LogP contribution >= 0.6 is 7.92 Å². The van der Waals surface area contributed by atoms with Gasteiger partial charge in [-0.05, 0) is 29.0 Å². The number of hydrogen-bond acceptors (Lipinski definition) is 4. The maximum absolute atomic E-state index is 5.84. The highest BCUT2D eigenvalue weighted by Crippen LogP contribution is 2.30. The van der Waals surface area contributed by atoms with Crippen LogP contribution in [0.1, 0.15) is 12.0 Å². The summed E-state index contributed by atoms with van der Waals surface area (Å²) in [5, 5.41) is 2.41. The lowest BCUT2D eigenvalue weighted by atomic mass is 10.1. The molecule has 0 spiro atoms. The average molecular weight is 399 g/mol. The highest BCUT2D eigenvalue weighted by atomic mass is 31.1. The van der Waals surface area contributed by atoms with Crippen molar-refractivity contribution >= 4 is 24.1 Å². The van der Waals surface area contributed by atoms with Crippen LogP contribution in [0.15, 0.2) is 97.3 Å². The van der Waals surface area contributed by atoms with Gasteiger partial charge in [0.2, 0.25) is 0 Å². The van der Waals surface area contributed by atoms with Crippen LogP contribution < -0.4 is 20.9 Å². The Morgan fingerprint density at radius 1 is 0.690 bits per heavy atom. The van der Waals surface area contributed by atoms with Crippen LogP contribution in [0.3, 0.4) is 0 Å². The summed E-state index contributed by atoms with van der Waals surface area (Å²) >= 11 is 0. The summed E-state index contributed by atoms with van der Waals surface area (Å²) in [6.45, 7) is 0.576. The van der Waals surface area contributed by atoms with Crippen molar-refractivity contribution < 1.29 is 4.74 Å². The van der Waals surface area contributed by atoms with E-state index in [1.165, 1.54) is 16.2 Å². The van der Waals surface area contributed by atoms with Crippen molar-refractivity contribution in [1.29, 1.82) is 0 Å². The third-order valence-corrected chi connectivity index (χ3v) is 6.69. The van der Waals surface area contributed by atoms with Crippen molar-refractivity contribution in [3.63, 3.8) is 0 Å². The minimum atomic E-state index is -0.859. The van der Waals surface area contributed by atoms with Gasteiger partial charge in [-0.1, -0.05) is 91.0 Å². The highest BCUT2D eigenvalue weighted by Gasteiger charge is 2.20. The van der Waals surface area contributed by atoms with E-state index >= 15 is 0 Å². The topological polar surface area (TPSA) is 47.9 Å². The predicted octanol–water partition coefficient (Wildman–Crippen LogP) is 3.64. The van der Waals surface area contributed by atoms with E-state index in [0.29, 0.717) is 12.6 Å². The Balaban J connectivity index is 1.49. The van der Waals surface area contributed by atoms with Gasteiger partial charge in [0, 0.05) is 7.92 Å². The zero-order valence-corrected chi connectivity index (χ0v) is 17.0. The third kappa shape index (κ3) is 5.24. The molecule has 0 bridgehead atoms. The van der Waals surface area contributed by atoms with Gasteiger partial charge >= 0.3 is 6.01 Å². The minimum Gasteiger partial charge on any atom is -0.463 e. The Labute approximate surface area is 172 Å². The molecular weight excluding hydrogens is 377 g/mol. The fourth-order valence-electron chi connectivity index (χ4n) is 3.07. The molecular formula is C24H22N3OP. The first-order valence-electron chi connectivity index (χ1n) is 9.66. The van der Waals surface area contributed by atoms with Gasteiger partial charge in [0.15, 0.2) is 5.57 Å². The number of aromatic nitrogens is 3. The Morgan fingerprint density at radius 2 is 1.28 bits per heavy atom. The van der Waals surface area contributed by atoms with Gasteiger partial charge in [-0.3, -0.25) is 0 Å². The molecule has 0 saturated heterocycles. The Bertz CT molecular complexity index is 974. The third-order valence-electron chi connectivity index (χ3n) is 4.45. The summed E-state index contributed by atoms with van der Waals surface area (Å²) in [4.78, 5) is 13.4. The fraction of sp³-hybridized carbons (Fsp3) is 0.125. The second-order valence-corrected chi connectivity index (χ2v) is 8.62. The summed E-state index contributed by atoms with van der Waals surface area (Å²) < 4.78 is 5.84. The van der Waals surface area contributed by atoms with Crippen molar-refractivity contribution in [2.24, 2.45) is 0 Å². The molecule has 0 saturated carbocycles. The van der Waals surface area contributed by atoms with Crippen LogP contribution in [0.4, 0.5) is 0 Å². The molecule has 4 nitrogen and oxygen atoms in total. The van der Waals surface area contributed by atoms with E-state index in [4.69, 9.17) is 4.74 Å². The van der Waals surface area contributed by atoms with E-state index in [0.717, 1.165) is 18.4 Å². The van der Waals surface area contributed by atoms with E-state index < -0.39 is 7.92 Å². The monoisotopic (exact) mass is 399 g/mol. The van der Waals surface area contributed by atoms with Crippen molar-refractivity contribution in [2.75, 3.05) is 6.61 Å². The first-order chi connectivity index (χ1) is 14.4. The molecule has 0 aliphatic rings. The number of benzene rings is 3. The van der Waals surface area contributed by atoms with Gasteiger partial charge in [0.1, 0.15) is 6.33 Å². The molecule has 0 aliphatic heterocycles. The Kier molecular flexibility index (Phi) is 6.56. The van der Waals surface area contributed by atoms with Crippen LogP contribution in [0.5, 0.6) is 6.01 Å². The lowest BCUT2D eigenvalue weighted by Gasteiger charge is -2.17. The lowest BCUT2D eigenvalue weighted by Crippen LogP contribution is -2.25. The lowest BCUT2D eigenvalue weighted by molar-refractivity contribution is 0.286.